The molecule has 0 aromatic heterocycles. The quantitative estimate of drug-likeness (QED) is 0.801. The van der Waals surface area contributed by atoms with E-state index in [0.29, 0.717) is 11.3 Å². The van der Waals surface area contributed by atoms with Crippen molar-refractivity contribution in [3.05, 3.63) is 72.3 Å². The van der Waals surface area contributed by atoms with Gasteiger partial charge in [-0.15, -0.1) is 0 Å². The Morgan fingerprint density at radius 1 is 0.870 bits per heavy atom. The third kappa shape index (κ3) is 3.40. The highest BCUT2D eigenvalue weighted by atomic mass is 32.2. The molecule has 4 nitrogen and oxygen atoms in total. The molecule has 1 N–H and O–H groups in total. The van der Waals surface area contributed by atoms with E-state index in [1.54, 1.807) is 12.1 Å². The van der Waals surface area contributed by atoms with Crippen molar-refractivity contribution in [1.29, 1.82) is 0 Å². The molecule has 0 aliphatic heterocycles. The van der Waals surface area contributed by atoms with Gasteiger partial charge in [0.2, 0.25) is 0 Å². The highest BCUT2D eigenvalue weighted by molar-refractivity contribution is 7.90. The Bertz CT molecular complexity index is 994. The Labute approximate surface area is 134 Å². The SMILES string of the molecule is CS(=O)(=O)c1cccc(C(=O)Nc2ccc3ccccc3c2)c1. The summed E-state index contributed by atoms with van der Waals surface area (Å²) in [5.41, 5.74) is 0.972. The molecule has 1 amide bonds. The van der Waals surface area contributed by atoms with Crippen LogP contribution in [0.3, 0.4) is 0 Å². The minimum atomic E-state index is -3.34. The van der Waals surface area contributed by atoms with Crippen molar-refractivity contribution in [1.82, 2.24) is 0 Å². The lowest BCUT2D eigenvalue weighted by atomic mass is 10.1. The summed E-state index contributed by atoms with van der Waals surface area (Å²) in [5.74, 6) is -0.342. The molecule has 116 valence electrons. The normalized spacial score (nSPS) is 11.3. The second-order valence-corrected chi connectivity index (χ2v) is 7.33. The van der Waals surface area contributed by atoms with Gasteiger partial charge in [0, 0.05) is 17.5 Å². The predicted octanol–water partition coefficient (Wildman–Crippen LogP) is 3.50. The fourth-order valence-electron chi connectivity index (χ4n) is 2.34. The van der Waals surface area contributed by atoms with Crippen LogP contribution in [0.25, 0.3) is 10.8 Å². The van der Waals surface area contributed by atoms with E-state index < -0.39 is 9.84 Å². The largest absolute Gasteiger partial charge is 0.322 e. The zero-order valence-corrected chi connectivity index (χ0v) is 13.3. The van der Waals surface area contributed by atoms with Crippen LogP contribution >= 0.6 is 0 Å². The fourth-order valence-corrected chi connectivity index (χ4v) is 3.01. The van der Waals surface area contributed by atoms with E-state index in [9.17, 15) is 13.2 Å². The summed E-state index contributed by atoms with van der Waals surface area (Å²) in [5, 5.41) is 4.91. The van der Waals surface area contributed by atoms with Crippen molar-refractivity contribution in [3.8, 4) is 0 Å². The standard InChI is InChI=1S/C18H15NO3S/c1-23(21,22)17-8-4-7-15(12-17)18(20)19-16-10-9-13-5-2-3-6-14(13)11-16/h2-12H,1H3,(H,19,20). The van der Waals surface area contributed by atoms with Gasteiger partial charge in [-0.1, -0.05) is 36.4 Å². The van der Waals surface area contributed by atoms with Gasteiger partial charge in [-0.3, -0.25) is 4.79 Å². The van der Waals surface area contributed by atoms with Crippen LogP contribution in [-0.4, -0.2) is 20.6 Å². The fraction of sp³-hybridized carbons (Fsp3) is 0.0556. The van der Waals surface area contributed by atoms with Crippen molar-refractivity contribution in [2.24, 2.45) is 0 Å². The van der Waals surface area contributed by atoms with Gasteiger partial charge in [-0.2, -0.15) is 0 Å². The third-order valence-electron chi connectivity index (χ3n) is 3.53. The van der Waals surface area contributed by atoms with E-state index >= 15 is 0 Å². The molecular weight excluding hydrogens is 310 g/mol. The van der Waals surface area contributed by atoms with E-state index in [0.717, 1.165) is 17.0 Å². The first-order valence-corrected chi connectivity index (χ1v) is 8.93. The summed E-state index contributed by atoms with van der Waals surface area (Å²) < 4.78 is 23.2. The van der Waals surface area contributed by atoms with Gasteiger partial charge >= 0.3 is 0 Å². The lowest BCUT2D eigenvalue weighted by Gasteiger charge is -2.07. The molecule has 0 unspecified atom stereocenters. The number of amides is 1. The van der Waals surface area contributed by atoms with Crippen molar-refractivity contribution < 1.29 is 13.2 Å². The molecule has 0 aliphatic carbocycles. The summed E-state index contributed by atoms with van der Waals surface area (Å²) in [6.07, 6.45) is 1.12. The van der Waals surface area contributed by atoms with Gasteiger partial charge in [-0.05, 0) is 41.1 Å². The number of anilines is 1. The van der Waals surface area contributed by atoms with Crippen LogP contribution in [0.2, 0.25) is 0 Å². The minimum absolute atomic E-state index is 0.128. The van der Waals surface area contributed by atoms with Crippen molar-refractivity contribution in [2.45, 2.75) is 4.90 Å². The number of carbonyl (C=O) groups is 1. The van der Waals surface area contributed by atoms with Gasteiger partial charge in [0.25, 0.3) is 5.91 Å². The molecular formula is C18H15NO3S. The monoisotopic (exact) mass is 325 g/mol. The summed E-state index contributed by atoms with van der Waals surface area (Å²) in [7, 11) is -3.34. The molecule has 3 rings (SSSR count). The van der Waals surface area contributed by atoms with Crippen molar-refractivity contribution in [3.63, 3.8) is 0 Å². The molecule has 0 spiro atoms. The van der Waals surface area contributed by atoms with Crippen LogP contribution < -0.4 is 5.32 Å². The number of fused-ring (bicyclic) bond motifs is 1. The summed E-state index contributed by atoms with van der Waals surface area (Å²) >= 11 is 0. The molecule has 23 heavy (non-hydrogen) atoms. The van der Waals surface area contributed by atoms with Gasteiger partial charge in [0.15, 0.2) is 9.84 Å². The van der Waals surface area contributed by atoms with Gasteiger partial charge < -0.3 is 5.32 Å². The topological polar surface area (TPSA) is 63.2 Å². The van der Waals surface area contributed by atoms with Crippen LogP contribution in [0.15, 0.2) is 71.6 Å². The molecule has 0 aliphatic rings. The van der Waals surface area contributed by atoms with Crippen LogP contribution in [0, 0.1) is 0 Å². The smallest absolute Gasteiger partial charge is 0.255 e. The van der Waals surface area contributed by atoms with Crippen LogP contribution in [-0.2, 0) is 9.84 Å². The molecule has 0 saturated carbocycles. The average molecular weight is 325 g/mol. The van der Waals surface area contributed by atoms with Gasteiger partial charge in [-0.25, -0.2) is 8.42 Å². The Morgan fingerprint density at radius 3 is 2.35 bits per heavy atom. The van der Waals surface area contributed by atoms with Gasteiger partial charge in [0.05, 0.1) is 4.90 Å². The molecule has 0 saturated heterocycles. The summed E-state index contributed by atoms with van der Waals surface area (Å²) in [6.45, 7) is 0. The first-order valence-electron chi connectivity index (χ1n) is 7.04. The number of nitrogens with one attached hydrogen (secondary N) is 1. The molecule has 0 bridgehead atoms. The van der Waals surface area contributed by atoms with E-state index in [1.807, 2.05) is 42.5 Å². The first-order chi connectivity index (χ1) is 10.9. The summed E-state index contributed by atoms with van der Waals surface area (Å²) in [4.78, 5) is 12.5. The zero-order valence-electron chi connectivity index (χ0n) is 12.5. The molecule has 0 atom stereocenters. The van der Waals surface area contributed by atoms with Crippen molar-refractivity contribution in [2.75, 3.05) is 11.6 Å². The molecule has 3 aromatic rings. The van der Waals surface area contributed by atoms with E-state index in [-0.39, 0.29) is 10.8 Å². The molecule has 0 fully saturated rings. The van der Waals surface area contributed by atoms with Gasteiger partial charge in [0.1, 0.15) is 0 Å². The number of hydrogen-bond donors (Lipinski definition) is 1. The van der Waals surface area contributed by atoms with Crippen LogP contribution in [0.4, 0.5) is 5.69 Å². The number of carbonyl (C=O) groups excluding carboxylic acids is 1. The molecule has 3 aromatic carbocycles. The molecule has 0 radical (unpaired) electrons. The number of sulfone groups is 1. The number of benzene rings is 3. The lowest BCUT2D eigenvalue weighted by Crippen LogP contribution is -2.12. The maximum atomic E-state index is 12.3. The molecule has 0 heterocycles. The van der Waals surface area contributed by atoms with Crippen LogP contribution in [0.5, 0.6) is 0 Å². The third-order valence-corrected chi connectivity index (χ3v) is 4.64. The predicted molar refractivity (Wildman–Crippen MR) is 91.5 cm³/mol. The highest BCUT2D eigenvalue weighted by Crippen LogP contribution is 2.20. The van der Waals surface area contributed by atoms with E-state index in [2.05, 4.69) is 5.32 Å². The zero-order chi connectivity index (χ0) is 16.4. The maximum absolute atomic E-state index is 12.3. The minimum Gasteiger partial charge on any atom is -0.322 e. The van der Waals surface area contributed by atoms with E-state index in [1.165, 1.54) is 12.1 Å². The summed E-state index contributed by atoms with van der Waals surface area (Å²) in [6, 6.07) is 19.5. The second-order valence-electron chi connectivity index (χ2n) is 5.32. The Balaban J connectivity index is 1.88. The average Bonchev–Trinajstić information content (AvgIpc) is 2.54. The Hall–Kier alpha value is -2.66. The van der Waals surface area contributed by atoms with Crippen LogP contribution in [0.1, 0.15) is 10.4 Å². The maximum Gasteiger partial charge on any atom is 0.255 e. The number of rotatable bonds is 3. The van der Waals surface area contributed by atoms with E-state index in [4.69, 9.17) is 0 Å². The first kappa shape index (κ1) is 15.2. The van der Waals surface area contributed by atoms with Crippen molar-refractivity contribution >= 4 is 32.2 Å². The second kappa shape index (κ2) is 5.85. The molecule has 5 heteroatoms. The lowest BCUT2D eigenvalue weighted by molar-refractivity contribution is 0.102. The number of hydrogen-bond acceptors (Lipinski definition) is 3. The Kier molecular flexibility index (Phi) is 3.88. The highest BCUT2D eigenvalue weighted by Gasteiger charge is 2.12. The Morgan fingerprint density at radius 2 is 1.61 bits per heavy atom.